The van der Waals surface area contributed by atoms with Gasteiger partial charge in [-0.2, -0.15) is 10.5 Å². The highest BCUT2D eigenvalue weighted by Gasteiger charge is 2.17. The number of rotatable bonds is 4. The second-order valence-corrected chi connectivity index (χ2v) is 5.30. The van der Waals surface area contributed by atoms with Crippen LogP contribution in [0.15, 0.2) is 52.6 Å². The fourth-order valence-electron chi connectivity index (χ4n) is 2.06. The fraction of sp³-hybridized carbons (Fsp3) is 0.0588. The first kappa shape index (κ1) is 16.4. The van der Waals surface area contributed by atoms with Gasteiger partial charge in [0.25, 0.3) is 0 Å². The number of methoxy groups -OCH3 is 1. The molecule has 114 valence electrons. The Morgan fingerprint density at radius 3 is 2.52 bits per heavy atom. The molecule has 5 nitrogen and oxygen atoms in total. The van der Waals surface area contributed by atoms with Gasteiger partial charge in [0, 0.05) is 16.2 Å². The fourth-order valence-corrected chi connectivity index (χ4v) is 2.50. The van der Waals surface area contributed by atoms with E-state index in [2.05, 4.69) is 21.2 Å². The van der Waals surface area contributed by atoms with Crippen LogP contribution in [0.5, 0.6) is 11.5 Å². The predicted molar refractivity (Wildman–Crippen MR) is 90.7 cm³/mol. The maximum absolute atomic E-state index is 10.2. The zero-order valence-corrected chi connectivity index (χ0v) is 13.8. The first-order valence-electron chi connectivity index (χ1n) is 6.54. The van der Waals surface area contributed by atoms with Crippen molar-refractivity contribution in [1.29, 1.82) is 10.5 Å². The van der Waals surface area contributed by atoms with Crippen molar-refractivity contribution < 1.29 is 9.84 Å². The zero-order valence-electron chi connectivity index (χ0n) is 12.2. The van der Waals surface area contributed by atoms with E-state index in [1.54, 1.807) is 48.5 Å². The van der Waals surface area contributed by atoms with Gasteiger partial charge in [0.2, 0.25) is 0 Å². The maximum atomic E-state index is 10.2. The molecule has 2 rings (SSSR count). The molecule has 6 heteroatoms. The Bertz CT molecular complexity index is 832. The van der Waals surface area contributed by atoms with Crippen molar-refractivity contribution in [2.24, 2.45) is 0 Å². The van der Waals surface area contributed by atoms with Crippen molar-refractivity contribution in [2.75, 3.05) is 12.4 Å². The normalized spacial score (nSPS) is 9.39. The van der Waals surface area contributed by atoms with Crippen molar-refractivity contribution in [3.63, 3.8) is 0 Å². The molecule has 2 N–H and O–H groups in total. The third-order valence-electron chi connectivity index (χ3n) is 3.11. The highest BCUT2D eigenvalue weighted by Crippen LogP contribution is 2.44. The van der Waals surface area contributed by atoms with Gasteiger partial charge in [-0.3, -0.25) is 0 Å². The molecule has 0 saturated carbocycles. The van der Waals surface area contributed by atoms with E-state index in [9.17, 15) is 5.11 Å². The number of nitrogens with one attached hydrogen (secondary N) is 1. The van der Waals surface area contributed by atoms with E-state index >= 15 is 0 Å². The Morgan fingerprint density at radius 1 is 1.22 bits per heavy atom. The highest BCUT2D eigenvalue weighted by atomic mass is 79.9. The van der Waals surface area contributed by atoms with E-state index in [1.165, 1.54) is 13.3 Å². The Hall–Kier alpha value is -2.96. The quantitative estimate of drug-likeness (QED) is 0.789. The Labute approximate surface area is 142 Å². The minimum absolute atomic E-state index is 0.0667. The summed E-state index contributed by atoms with van der Waals surface area (Å²) in [6.45, 7) is 0. The van der Waals surface area contributed by atoms with E-state index in [4.69, 9.17) is 15.3 Å². The van der Waals surface area contributed by atoms with Crippen LogP contribution in [0.3, 0.4) is 0 Å². The molecule has 0 aliphatic heterocycles. The summed E-state index contributed by atoms with van der Waals surface area (Å²) in [5, 5.41) is 30.8. The zero-order chi connectivity index (χ0) is 16.8. The topological polar surface area (TPSA) is 89.1 Å². The molecule has 0 fully saturated rings. The summed E-state index contributed by atoms with van der Waals surface area (Å²) in [5.74, 6) is 0.637. The number of hydrogen-bond acceptors (Lipinski definition) is 5. The molecule has 0 heterocycles. The lowest BCUT2D eigenvalue weighted by Crippen LogP contribution is -1.98. The monoisotopic (exact) mass is 369 g/mol. The highest BCUT2D eigenvalue weighted by molar-refractivity contribution is 9.10. The SMILES string of the molecule is COc1ccc(Br)c(NC=C(C#N)C#N)c1-c1ccccc1O. The van der Waals surface area contributed by atoms with Gasteiger partial charge in [0.15, 0.2) is 0 Å². The molecule has 0 atom stereocenters. The molecule has 0 saturated heterocycles. The summed E-state index contributed by atoms with van der Waals surface area (Å²) in [7, 11) is 1.53. The van der Waals surface area contributed by atoms with Crippen LogP contribution in [0.2, 0.25) is 0 Å². The van der Waals surface area contributed by atoms with Crippen molar-refractivity contribution in [3.8, 4) is 34.8 Å². The van der Waals surface area contributed by atoms with Crippen LogP contribution in [0, 0.1) is 22.7 Å². The molecular weight excluding hydrogens is 358 g/mol. The van der Waals surface area contributed by atoms with E-state index in [0.717, 1.165) is 0 Å². The number of halogens is 1. The number of nitriles is 2. The van der Waals surface area contributed by atoms with Gasteiger partial charge in [-0.05, 0) is 34.1 Å². The van der Waals surface area contributed by atoms with Crippen LogP contribution in [-0.2, 0) is 0 Å². The number of phenolic OH excluding ortho intramolecular Hbond substituents is 1. The van der Waals surface area contributed by atoms with Crippen LogP contribution in [0.25, 0.3) is 11.1 Å². The van der Waals surface area contributed by atoms with Gasteiger partial charge in [-0.15, -0.1) is 0 Å². The summed E-state index contributed by atoms with van der Waals surface area (Å²) >= 11 is 3.43. The molecule has 0 unspecified atom stereocenters. The number of phenols is 1. The lowest BCUT2D eigenvalue weighted by Gasteiger charge is -2.16. The number of ether oxygens (including phenoxy) is 1. The van der Waals surface area contributed by atoms with Gasteiger partial charge in [0.1, 0.15) is 29.2 Å². The number of hydrogen-bond donors (Lipinski definition) is 2. The summed E-state index contributed by atoms with van der Waals surface area (Å²) < 4.78 is 6.08. The predicted octanol–water partition coefficient (Wildman–Crippen LogP) is 4.17. The van der Waals surface area contributed by atoms with E-state index in [-0.39, 0.29) is 11.3 Å². The molecule has 0 aliphatic carbocycles. The smallest absolute Gasteiger partial charge is 0.145 e. The molecule has 0 radical (unpaired) electrons. The van der Waals surface area contributed by atoms with Crippen LogP contribution >= 0.6 is 15.9 Å². The van der Waals surface area contributed by atoms with Crippen LogP contribution in [0.4, 0.5) is 5.69 Å². The number of anilines is 1. The Morgan fingerprint density at radius 2 is 1.91 bits per heavy atom. The first-order chi connectivity index (χ1) is 11.1. The lowest BCUT2D eigenvalue weighted by molar-refractivity contribution is 0.416. The standard InChI is InChI=1S/C17H12BrN3O2/c1-23-15-7-6-13(18)17(21-10-11(8-19)9-20)16(15)12-4-2-3-5-14(12)22/h2-7,10,21-22H,1H3. The van der Waals surface area contributed by atoms with Gasteiger partial charge < -0.3 is 15.2 Å². The van der Waals surface area contributed by atoms with Crippen molar-refractivity contribution in [1.82, 2.24) is 0 Å². The molecule has 0 aromatic heterocycles. The second-order valence-electron chi connectivity index (χ2n) is 4.44. The average molecular weight is 370 g/mol. The van der Waals surface area contributed by atoms with E-state index in [1.807, 2.05) is 0 Å². The van der Waals surface area contributed by atoms with E-state index < -0.39 is 0 Å². The van der Waals surface area contributed by atoms with Crippen LogP contribution in [0.1, 0.15) is 0 Å². The minimum atomic E-state index is -0.0667. The molecule has 0 spiro atoms. The largest absolute Gasteiger partial charge is 0.507 e. The van der Waals surface area contributed by atoms with Gasteiger partial charge in [-0.1, -0.05) is 18.2 Å². The molecular formula is C17H12BrN3O2. The summed E-state index contributed by atoms with van der Waals surface area (Å²) in [4.78, 5) is 0. The van der Waals surface area contributed by atoms with Gasteiger partial charge in [0.05, 0.1) is 18.4 Å². The van der Waals surface area contributed by atoms with Crippen molar-refractivity contribution >= 4 is 21.6 Å². The third kappa shape index (κ3) is 3.45. The number of allylic oxidation sites excluding steroid dienone is 1. The van der Waals surface area contributed by atoms with Crippen LogP contribution < -0.4 is 10.1 Å². The molecule has 23 heavy (non-hydrogen) atoms. The Kier molecular flexibility index (Phi) is 5.24. The molecule has 0 amide bonds. The number of aromatic hydroxyl groups is 1. The summed E-state index contributed by atoms with van der Waals surface area (Å²) in [6.07, 6.45) is 1.31. The van der Waals surface area contributed by atoms with Crippen LogP contribution in [-0.4, -0.2) is 12.2 Å². The number of para-hydroxylation sites is 1. The third-order valence-corrected chi connectivity index (χ3v) is 3.77. The molecule has 2 aromatic carbocycles. The van der Waals surface area contributed by atoms with E-state index in [0.29, 0.717) is 27.0 Å². The first-order valence-corrected chi connectivity index (χ1v) is 7.33. The Balaban J connectivity index is 2.67. The number of benzene rings is 2. The lowest BCUT2D eigenvalue weighted by atomic mass is 10.0. The average Bonchev–Trinajstić information content (AvgIpc) is 2.57. The number of nitrogens with zero attached hydrogens (tertiary/aromatic N) is 2. The minimum Gasteiger partial charge on any atom is -0.507 e. The van der Waals surface area contributed by atoms with Gasteiger partial charge in [-0.25, -0.2) is 0 Å². The molecule has 2 aromatic rings. The summed E-state index contributed by atoms with van der Waals surface area (Å²) in [6, 6.07) is 13.9. The second kappa shape index (κ2) is 7.35. The maximum Gasteiger partial charge on any atom is 0.145 e. The molecule has 0 aliphatic rings. The van der Waals surface area contributed by atoms with Crippen molar-refractivity contribution in [3.05, 3.63) is 52.6 Å². The summed E-state index contributed by atoms with van der Waals surface area (Å²) in [5.41, 5.74) is 1.69. The van der Waals surface area contributed by atoms with Gasteiger partial charge >= 0.3 is 0 Å². The molecule has 0 bridgehead atoms. The van der Waals surface area contributed by atoms with Crippen molar-refractivity contribution in [2.45, 2.75) is 0 Å².